The largest absolute Gasteiger partial charge is 0.454 e. The molecule has 0 aliphatic carbocycles. The minimum atomic E-state index is 0.133. The van der Waals surface area contributed by atoms with E-state index in [-0.39, 0.29) is 12.7 Å². The molecule has 1 aliphatic rings. The van der Waals surface area contributed by atoms with E-state index in [1.165, 1.54) is 38.5 Å². The molecule has 1 N–H and O–H groups in total. The predicted molar refractivity (Wildman–Crippen MR) is 91.6 cm³/mol. The van der Waals surface area contributed by atoms with Crippen LogP contribution in [0, 0.1) is 0 Å². The summed E-state index contributed by atoms with van der Waals surface area (Å²) in [6, 6.07) is 5.78. The lowest BCUT2D eigenvalue weighted by Crippen LogP contribution is -2.22. The van der Waals surface area contributed by atoms with E-state index in [1.807, 2.05) is 18.2 Å². The van der Waals surface area contributed by atoms with Gasteiger partial charge in [0.15, 0.2) is 11.5 Å². The number of rotatable bonds is 11. The van der Waals surface area contributed by atoms with Crippen molar-refractivity contribution in [3.05, 3.63) is 23.8 Å². The molecule has 0 saturated carbocycles. The minimum absolute atomic E-state index is 0.133. The highest BCUT2D eigenvalue weighted by molar-refractivity contribution is 5.75. The first-order chi connectivity index (χ1) is 11.3. The van der Waals surface area contributed by atoms with Crippen LogP contribution in [0.15, 0.2) is 18.2 Å². The summed E-state index contributed by atoms with van der Waals surface area (Å²) in [6.45, 7) is 3.07. The molecule has 0 saturated heterocycles. The molecule has 1 aromatic rings. The summed E-state index contributed by atoms with van der Waals surface area (Å²) in [5.41, 5.74) is 1.04. The van der Waals surface area contributed by atoms with E-state index in [4.69, 9.17) is 9.47 Å². The van der Waals surface area contributed by atoms with Crippen LogP contribution in [-0.4, -0.2) is 12.7 Å². The maximum atomic E-state index is 11.9. The summed E-state index contributed by atoms with van der Waals surface area (Å²) in [6.07, 6.45) is 10.7. The Balaban J connectivity index is 1.52. The molecule has 0 atom stereocenters. The van der Waals surface area contributed by atoms with Gasteiger partial charge in [-0.1, -0.05) is 57.9 Å². The van der Waals surface area contributed by atoms with Gasteiger partial charge in [-0.25, -0.2) is 0 Å². The van der Waals surface area contributed by atoms with Crippen LogP contribution >= 0.6 is 0 Å². The third-order valence-corrected chi connectivity index (χ3v) is 4.18. The van der Waals surface area contributed by atoms with Crippen molar-refractivity contribution in [1.29, 1.82) is 0 Å². The number of nitrogens with one attached hydrogen (secondary N) is 1. The highest BCUT2D eigenvalue weighted by atomic mass is 16.7. The first-order valence-electron chi connectivity index (χ1n) is 8.95. The Hall–Kier alpha value is -1.71. The molecule has 0 bridgehead atoms. The Morgan fingerprint density at radius 3 is 2.48 bits per heavy atom. The molecule has 2 rings (SSSR count). The van der Waals surface area contributed by atoms with Crippen molar-refractivity contribution in [3.8, 4) is 11.5 Å². The van der Waals surface area contributed by atoms with Gasteiger partial charge < -0.3 is 14.8 Å². The van der Waals surface area contributed by atoms with Crippen molar-refractivity contribution < 1.29 is 14.3 Å². The molecule has 0 aromatic heterocycles. The van der Waals surface area contributed by atoms with Crippen LogP contribution in [0.1, 0.15) is 70.3 Å². The average Bonchev–Trinajstić information content (AvgIpc) is 3.03. The Bertz CT molecular complexity index is 488. The van der Waals surface area contributed by atoms with E-state index in [1.54, 1.807) is 0 Å². The minimum Gasteiger partial charge on any atom is -0.454 e. The highest BCUT2D eigenvalue weighted by Crippen LogP contribution is 2.32. The third-order valence-electron chi connectivity index (χ3n) is 4.18. The Morgan fingerprint density at radius 2 is 1.70 bits per heavy atom. The van der Waals surface area contributed by atoms with E-state index in [0.717, 1.165) is 29.9 Å². The van der Waals surface area contributed by atoms with Gasteiger partial charge in [0.25, 0.3) is 0 Å². The molecule has 4 heteroatoms. The number of amides is 1. The van der Waals surface area contributed by atoms with Crippen molar-refractivity contribution in [2.75, 3.05) is 6.79 Å². The Morgan fingerprint density at radius 1 is 1.00 bits per heavy atom. The molecule has 0 unspecified atom stereocenters. The molecule has 1 aliphatic heterocycles. The zero-order chi connectivity index (χ0) is 16.3. The maximum Gasteiger partial charge on any atom is 0.231 e. The SMILES string of the molecule is CCCCCCCCCCC(=O)NCc1ccc2c(c1)OCO2. The summed E-state index contributed by atoms with van der Waals surface area (Å²) in [4.78, 5) is 11.9. The molecule has 128 valence electrons. The third kappa shape index (κ3) is 6.51. The van der Waals surface area contributed by atoms with Gasteiger partial charge in [-0.05, 0) is 24.1 Å². The molecular formula is C19H29NO3. The second kappa shape index (κ2) is 10.1. The van der Waals surface area contributed by atoms with Gasteiger partial charge in [0.1, 0.15) is 0 Å². The van der Waals surface area contributed by atoms with Crippen LogP contribution in [0.2, 0.25) is 0 Å². The van der Waals surface area contributed by atoms with E-state index < -0.39 is 0 Å². The fraction of sp³-hybridized carbons (Fsp3) is 0.632. The van der Waals surface area contributed by atoms with Crippen LogP contribution in [0.25, 0.3) is 0 Å². The van der Waals surface area contributed by atoms with Gasteiger partial charge >= 0.3 is 0 Å². The summed E-state index contributed by atoms with van der Waals surface area (Å²) in [5, 5.41) is 2.97. The van der Waals surface area contributed by atoms with Gasteiger partial charge in [0, 0.05) is 13.0 Å². The number of carbonyl (C=O) groups excluding carboxylic acids is 1. The van der Waals surface area contributed by atoms with Gasteiger partial charge in [-0.2, -0.15) is 0 Å². The Labute approximate surface area is 139 Å². The van der Waals surface area contributed by atoms with Crippen molar-refractivity contribution in [2.24, 2.45) is 0 Å². The quantitative estimate of drug-likeness (QED) is 0.608. The van der Waals surface area contributed by atoms with E-state index >= 15 is 0 Å². The van der Waals surface area contributed by atoms with E-state index in [9.17, 15) is 4.79 Å². The monoisotopic (exact) mass is 319 g/mol. The summed E-state index contributed by atoms with van der Waals surface area (Å²) in [7, 11) is 0. The van der Waals surface area contributed by atoms with Crippen molar-refractivity contribution >= 4 is 5.91 Å². The molecule has 0 radical (unpaired) electrons. The van der Waals surface area contributed by atoms with Crippen LogP contribution in [0.4, 0.5) is 0 Å². The molecule has 4 nitrogen and oxygen atoms in total. The number of fused-ring (bicyclic) bond motifs is 1. The number of hydrogen-bond acceptors (Lipinski definition) is 3. The van der Waals surface area contributed by atoms with Crippen molar-refractivity contribution in [2.45, 2.75) is 71.3 Å². The lowest BCUT2D eigenvalue weighted by atomic mass is 10.1. The molecule has 1 amide bonds. The smallest absolute Gasteiger partial charge is 0.231 e. The summed E-state index contributed by atoms with van der Waals surface area (Å²) in [5.74, 6) is 1.67. The number of benzene rings is 1. The topological polar surface area (TPSA) is 47.6 Å². The highest BCUT2D eigenvalue weighted by Gasteiger charge is 2.13. The summed E-state index contributed by atoms with van der Waals surface area (Å²) < 4.78 is 10.6. The number of ether oxygens (including phenoxy) is 2. The van der Waals surface area contributed by atoms with Gasteiger partial charge in [0.05, 0.1) is 0 Å². The molecule has 1 heterocycles. The first kappa shape index (κ1) is 17.6. The molecular weight excluding hydrogens is 290 g/mol. The van der Waals surface area contributed by atoms with Crippen LogP contribution in [0.5, 0.6) is 11.5 Å². The van der Waals surface area contributed by atoms with E-state index in [2.05, 4.69) is 12.2 Å². The number of unbranched alkanes of at least 4 members (excludes halogenated alkanes) is 7. The zero-order valence-electron chi connectivity index (χ0n) is 14.2. The van der Waals surface area contributed by atoms with Crippen LogP contribution < -0.4 is 14.8 Å². The Kier molecular flexibility index (Phi) is 7.78. The number of carbonyl (C=O) groups is 1. The van der Waals surface area contributed by atoms with Gasteiger partial charge in [-0.15, -0.1) is 0 Å². The molecule has 0 fully saturated rings. The lowest BCUT2D eigenvalue weighted by molar-refractivity contribution is -0.121. The first-order valence-corrected chi connectivity index (χ1v) is 8.95. The van der Waals surface area contributed by atoms with Crippen molar-refractivity contribution in [3.63, 3.8) is 0 Å². The fourth-order valence-electron chi connectivity index (χ4n) is 2.76. The molecule has 0 spiro atoms. The van der Waals surface area contributed by atoms with Gasteiger partial charge in [-0.3, -0.25) is 4.79 Å². The van der Waals surface area contributed by atoms with Crippen LogP contribution in [0.3, 0.4) is 0 Å². The second-order valence-electron chi connectivity index (χ2n) is 6.19. The van der Waals surface area contributed by atoms with Gasteiger partial charge in [0.2, 0.25) is 12.7 Å². The summed E-state index contributed by atoms with van der Waals surface area (Å²) >= 11 is 0. The fourth-order valence-corrected chi connectivity index (χ4v) is 2.76. The maximum absolute atomic E-state index is 11.9. The van der Waals surface area contributed by atoms with Crippen LogP contribution in [-0.2, 0) is 11.3 Å². The second-order valence-corrected chi connectivity index (χ2v) is 6.19. The average molecular weight is 319 g/mol. The number of hydrogen-bond donors (Lipinski definition) is 1. The lowest BCUT2D eigenvalue weighted by Gasteiger charge is -2.06. The normalized spacial score (nSPS) is 12.4. The van der Waals surface area contributed by atoms with E-state index in [0.29, 0.717) is 13.0 Å². The molecule has 23 heavy (non-hydrogen) atoms. The predicted octanol–water partition coefficient (Wildman–Crippen LogP) is 4.56. The molecule has 1 aromatic carbocycles. The van der Waals surface area contributed by atoms with Crippen molar-refractivity contribution in [1.82, 2.24) is 5.32 Å². The standard InChI is InChI=1S/C19H29NO3/c1-2-3-4-5-6-7-8-9-10-19(21)20-14-16-11-12-17-18(13-16)23-15-22-17/h11-13H,2-10,14-15H2,1H3,(H,20,21). The zero-order valence-corrected chi connectivity index (χ0v) is 14.2.